The number of benzene rings is 2. The van der Waals surface area contributed by atoms with Gasteiger partial charge in [0.1, 0.15) is 0 Å². The average molecular weight is 319 g/mol. The van der Waals surface area contributed by atoms with Gasteiger partial charge in [-0.2, -0.15) is 18.4 Å². The van der Waals surface area contributed by atoms with Gasteiger partial charge in [0.05, 0.1) is 11.6 Å². The van der Waals surface area contributed by atoms with Crippen LogP contribution in [0, 0.1) is 11.3 Å². The lowest BCUT2D eigenvalue weighted by molar-refractivity contribution is -0.190. The molecule has 0 aromatic heterocycles. The SMILES string of the molecule is N#Cc1cccc2c(C(N3CCC(=O)N3)C(F)(F)F)cccc12. The molecular weight excluding hydrogens is 307 g/mol. The Kier molecular flexibility index (Phi) is 3.70. The molecule has 1 unspecified atom stereocenters. The number of carbonyl (C=O) groups is 1. The first-order valence-corrected chi connectivity index (χ1v) is 6.96. The molecule has 1 aliphatic heterocycles. The standard InChI is InChI=1S/C16H12F3N3O/c17-16(18,19)15(22-8-7-14(23)21-22)13-6-2-4-11-10(9-20)3-1-5-12(11)13/h1-6,15H,7-8H2,(H,21,23). The number of fused-ring (bicyclic) bond motifs is 1. The van der Waals surface area contributed by atoms with E-state index in [1.807, 2.05) is 6.07 Å². The number of nitrogens with one attached hydrogen (secondary N) is 1. The molecule has 118 valence electrons. The third-order valence-corrected chi connectivity index (χ3v) is 3.84. The molecule has 23 heavy (non-hydrogen) atoms. The van der Waals surface area contributed by atoms with E-state index in [0.717, 1.165) is 5.01 Å². The fourth-order valence-corrected chi connectivity index (χ4v) is 2.88. The molecule has 1 fully saturated rings. The van der Waals surface area contributed by atoms with Crippen molar-refractivity contribution >= 4 is 16.7 Å². The lowest BCUT2D eigenvalue weighted by Gasteiger charge is -2.30. The van der Waals surface area contributed by atoms with Crippen molar-refractivity contribution in [3.63, 3.8) is 0 Å². The zero-order chi connectivity index (χ0) is 16.6. The summed E-state index contributed by atoms with van der Waals surface area (Å²) >= 11 is 0. The van der Waals surface area contributed by atoms with Crippen molar-refractivity contribution in [1.29, 1.82) is 5.26 Å². The van der Waals surface area contributed by atoms with Crippen LogP contribution in [0.4, 0.5) is 13.2 Å². The quantitative estimate of drug-likeness (QED) is 0.925. The first-order valence-electron chi connectivity index (χ1n) is 6.96. The van der Waals surface area contributed by atoms with E-state index in [2.05, 4.69) is 5.43 Å². The molecule has 7 heteroatoms. The van der Waals surface area contributed by atoms with Crippen LogP contribution in [0.2, 0.25) is 0 Å². The number of hydrogen-bond acceptors (Lipinski definition) is 3. The monoisotopic (exact) mass is 319 g/mol. The van der Waals surface area contributed by atoms with E-state index >= 15 is 0 Å². The maximum Gasteiger partial charge on any atom is 0.409 e. The number of halogens is 3. The highest BCUT2D eigenvalue weighted by Gasteiger charge is 2.47. The number of rotatable bonds is 2. The fourth-order valence-electron chi connectivity index (χ4n) is 2.88. The van der Waals surface area contributed by atoms with Crippen molar-refractivity contribution < 1.29 is 18.0 Å². The highest BCUT2D eigenvalue weighted by Crippen LogP contribution is 2.41. The number of amides is 1. The first kappa shape index (κ1) is 15.3. The summed E-state index contributed by atoms with van der Waals surface area (Å²) in [5, 5.41) is 10.9. The van der Waals surface area contributed by atoms with Crippen molar-refractivity contribution in [2.45, 2.75) is 18.6 Å². The van der Waals surface area contributed by atoms with Gasteiger partial charge in [-0.25, -0.2) is 5.01 Å². The highest BCUT2D eigenvalue weighted by molar-refractivity contribution is 5.91. The third-order valence-electron chi connectivity index (χ3n) is 3.84. The second-order valence-electron chi connectivity index (χ2n) is 5.28. The van der Waals surface area contributed by atoms with E-state index in [0.29, 0.717) is 16.3 Å². The number of carbonyl (C=O) groups excluding carboxylic acids is 1. The van der Waals surface area contributed by atoms with E-state index in [1.165, 1.54) is 12.1 Å². The predicted octanol–water partition coefficient (Wildman–Crippen LogP) is 3.05. The Bertz CT molecular complexity index is 810. The summed E-state index contributed by atoms with van der Waals surface area (Å²) in [6.45, 7) is -0.0165. The van der Waals surface area contributed by atoms with Crippen LogP contribution in [0.15, 0.2) is 36.4 Å². The van der Waals surface area contributed by atoms with Crippen LogP contribution in [-0.4, -0.2) is 23.6 Å². The maximum absolute atomic E-state index is 13.6. The average Bonchev–Trinajstić information content (AvgIpc) is 2.91. The minimum Gasteiger partial charge on any atom is -0.288 e. The Morgan fingerprint density at radius 1 is 1.17 bits per heavy atom. The van der Waals surface area contributed by atoms with Gasteiger partial charge in [0.15, 0.2) is 6.04 Å². The zero-order valence-electron chi connectivity index (χ0n) is 11.9. The van der Waals surface area contributed by atoms with Gasteiger partial charge in [0, 0.05) is 13.0 Å². The molecule has 1 saturated heterocycles. The summed E-state index contributed by atoms with van der Waals surface area (Å²) < 4.78 is 40.9. The van der Waals surface area contributed by atoms with Crippen LogP contribution in [0.5, 0.6) is 0 Å². The van der Waals surface area contributed by atoms with Gasteiger partial charge in [-0.05, 0) is 22.4 Å². The molecule has 0 aliphatic carbocycles. The van der Waals surface area contributed by atoms with Gasteiger partial charge in [-0.15, -0.1) is 0 Å². The van der Waals surface area contributed by atoms with Crippen LogP contribution in [0.3, 0.4) is 0 Å². The van der Waals surface area contributed by atoms with Gasteiger partial charge < -0.3 is 0 Å². The van der Waals surface area contributed by atoms with Gasteiger partial charge in [-0.3, -0.25) is 10.2 Å². The number of nitriles is 1. The number of nitrogens with zero attached hydrogens (tertiary/aromatic N) is 2. The van der Waals surface area contributed by atoms with Crippen LogP contribution < -0.4 is 5.43 Å². The van der Waals surface area contributed by atoms with E-state index in [4.69, 9.17) is 5.26 Å². The predicted molar refractivity (Wildman–Crippen MR) is 76.9 cm³/mol. The number of hydrogen-bond donors (Lipinski definition) is 1. The molecular formula is C16H12F3N3O. The molecule has 1 heterocycles. The molecule has 0 bridgehead atoms. The molecule has 1 N–H and O–H groups in total. The molecule has 0 radical (unpaired) electrons. The molecule has 1 atom stereocenters. The van der Waals surface area contributed by atoms with Gasteiger partial charge in [0.25, 0.3) is 0 Å². The molecule has 0 saturated carbocycles. The Morgan fingerprint density at radius 3 is 2.48 bits per heavy atom. The van der Waals surface area contributed by atoms with E-state index in [9.17, 15) is 18.0 Å². The highest BCUT2D eigenvalue weighted by atomic mass is 19.4. The summed E-state index contributed by atoms with van der Waals surface area (Å²) in [5.74, 6) is -0.433. The lowest BCUT2D eigenvalue weighted by atomic mass is 9.95. The third kappa shape index (κ3) is 2.73. The van der Waals surface area contributed by atoms with E-state index in [-0.39, 0.29) is 18.5 Å². The van der Waals surface area contributed by atoms with Gasteiger partial charge in [-0.1, -0.05) is 30.3 Å². The maximum atomic E-state index is 13.6. The van der Waals surface area contributed by atoms with Crippen molar-refractivity contribution in [2.24, 2.45) is 0 Å². The molecule has 4 nitrogen and oxygen atoms in total. The largest absolute Gasteiger partial charge is 0.409 e. The summed E-state index contributed by atoms with van der Waals surface area (Å²) in [4.78, 5) is 11.3. The first-order chi connectivity index (χ1) is 10.9. The normalized spacial score (nSPS) is 17.0. The lowest BCUT2D eigenvalue weighted by Crippen LogP contribution is -2.43. The Hall–Kier alpha value is -2.59. The van der Waals surface area contributed by atoms with Crippen LogP contribution in [-0.2, 0) is 4.79 Å². The molecule has 2 aromatic rings. The molecule has 2 aromatic carbocycles. The van der Waals surface area contributed by atoms with Crippen molar-refractivity contribution in [3.8, 4) is 6.07 Å². The summed E-state index contributed by atoms with van der Waals surface area (Å²) in [6.07, 6.45) is -4.53. The Morgan fingerprint density at radius 2 is 1.87 bits per heavy atom. The zero-order valence-corrected chi connectivity index (χ0v) is 11.9. The molecule has 0 spiro atoms. The Balaban J connectivity index is 2.19. The van der Waals surface area contributed by atoms with Crippen molar-refractivity contribution in [1.82, 2.24) is 10.4 Å². The van der Waals surface area contributed by atoms with Crippen LogP contribution in [0.1, 0.15) is 23.6 Å². The number of hydrazine groups is 1. The number of alkyl halides is 3. The summed E-state index contributed by atoms with van der Waals surface area (Å²) in [7, 11) is 0. The van der Waals surface area contributed by atoms with Gasteiger partial charge in [0.2, 0.25) is 5.91 Å². The fraction of sp³-hybridized carbons (Fsp3) is 0.250. The minimum atomic E-state index is -4.56. The molecule has 1 aliphatic rings. The van der Waals surface area contributed by atoms with E-state index in [1.54, 1.807) is 24.3 Å². The molecule has 3 rings (SSSR count). The van der Waals surface area contributed by atoms with Gasteiger partial charge >= 0.3 is 6.18 Å². The summed E-state index contributed by atoms with van der Waals surface area (Å²) in [5.41, 5.74) is 2.60. The van der Waals surface area contributed by atoms with Crippen molar-refractivity contribution in [2.75, 3.05) is 6.54 Å². The van der Waals surface area contributed by atoms with Crippen LogP contribution >= 0.6 is 0 Å². The smallest absolute Gasteiger partial charge is 0.288 e. The second kappa shape index (κ2) is 5.56. The topological polar surface area (TPSA) is 56.1 Å². The Labute approximate surface area is 130 Å². The minimum absolute atomic E-state index is 0.0165. The van der Waals surface area contributed by atoms with Crippen molar-refractivity contribution in [3.05, 3.63) is 47.5 Å². The second-order valence-corrected chi connectivity index (χ2v) is 5.28. The summed E-state index contributed by atoms with van der Waals surface area (Å²) in [6, 6.07) is 9.20. The van der Waals surface area contributed by atoms with E-state index < -0.39 is 18.1 Å². The molecule has 1 amide bonds. The van der Waals surface area contributed by atoms with Crippen LogP contribution in [0.25, 0.3) is 10.8 Å².